The number of hydrogen-bond acceptors (Lipinski definition) is 2. The molecule has 3 aliphatic rings. The molecule has 0 aromatic heterocycles. The third kappa shape index (κ3) is 3.53. The molecule has 21 heavy (non-hydrogen) atoms. The normalized spacial score (nSPS) is 35.9. The van der Waals surface area contributed by atoms with E-state index in [-0.39, 0.29) is 0 Å². The maximum atomic E-state index is 3.87. The summed E-state index contributed by atoms with van der Waals surface area (Å²) < 4.78 is 0. The summed E-state index contributed by atoms with van der Waals surface area (Å²) in [5, 5.41) is 3.87. The van der Waals surface area contributed by atoms with E-state index in [0.717, 1.165) is 24.5 Å². The second-order valence-corrected chi connectivity index (χ2v) is 7.55. The van der Waals surface area contributed by atoms with Crippen LogP contribution < -0.4 is 5.32 Å². The zero-order valence-corrected chi connectivity index (χ0v) is 14.1. The fourth-order valence-electron chi connectivity index (χ4n) is 5.05. The Morgan fingerprint density at radius 1 is 1.14 bits per heavy atom. The molecule has 2 heterocycles. The summed E-state index contributed by atoms with van der Waals surface area (Å²) in [6.07, 6.45) is 16.7. The van der Waals surface area contributed by atoms with Crippen LogP contribution in [0.5, 0.6) is 0 Å². The van der Waals surface area contributed by atoms with Gasteiger partial charge in [0.15, 0.2) is 0 Å². The third-order valence-electron chi connectivity index (χ3n) is 6.26. The molecule has 0 radical (unpaired) electrons. The Hall–Kier alpha value is -0.340. The lowest BCUT2D eigenvalue weighted by Crippen LogP contribution is -2.47. The maximum absolute atomic E-state index is 3.87. The van der Waals surface area contributed by atoms with Crippen LogP contribution in [0.4, 0.5) is 0 Å². The first-order chi connectivity index (χ1) is 10.3. The lowest BCUT2D eigenvalue weighted by atomic mass is 9.79. The van der Waals surface area contributed by atoms with Crippen LogP contribution in [0.3, 0.4) is 0 Å². The van der Waals surface area contributed by atoms with E-state index in [9.17, 15) is 0 Å². The van der Waals surface area contributed by atoms with Crippen LogP contribution in [-0.4, -0.2) is 36.6 Å². The minimum atomic E-state index is 0.671. The van der Waals surface area contributed by atoms with E-state index in [1.54, 1.807) is 5.57 Å². The van der Waals surface area contributed by atoms with Crippen molar-refractivity contribution >= 4 is 0 Å². The van der Waals surface area contributed by atoms with E-state index >= 15 is 0 Å². The first kappa shape index (κ1) is 15.6. The van der Waals surface area contributed by atoms with Crippen molar-refractivity contribution < 1.29 is 0 Å². The van der Waals surface area contributed by atoms with Gasteiger partial charge >= 0.3 is 0 Å². The summed E-state index contributed by atoms with van der Waals surface area (Å²) in [5.41, 5.74) is 1.76. The summed E-state index contributed by atoms with van der Waals surface area (Å²) in [6, 6.07) is 2.40. The van der Waals surface area contributed by atoms with E-state index in [1.807, 2.05) is 0 Å². The molecule has 2 aliphatic heterocycles. The zero-order valence-electron chi connectivity index (χ0n) is 14.1. The largest absolute Gasteiger partial charge is 0.310 e. The molecule has 2 fully saturated rings. The van der Waals surface area contributed by atoms with Crippen molar-refractivity contribution in [2.24, 2.45) is 5.92 Å². The summed E-state index contributed by atoms with van der Waals surface area (Å²) >= 11 is 0. The molecule has 1 N–H and O–H groups in total. The van der Waals surface area contributed by atoms with Crippen molar-refractivity contribution in [2.75, 3.05) is 13.6 Å². The number of allylic oxidation sites excluding steroid dienone is 1. The molecule has 2 heteroatoms. The van der Waals surface area contributed by atoms with Gasteiger partial charge in [-0.2, -0.15) is 0 Å². The minimum Gasteiger partial charge on any atom is -0.310 e. The standard InChI is InChI=1S/C19H34N2/c1-3-20-19(15-9-7-5-4-6-8-10-15)16-13-17-11-12-18(14-16)21(17)2/h9,16-20H,3-8,10-14H2,1-2H3. The quantitative estimate of drug-likeness (QED) is 0.784. The van der Waals surface area contributed by atoms with Crippen LogP contribution in [-0.2, 0) is 0 Å². The van der Waals surface area contributed by atoms with Gasteiger partial charge in [0, 0.05) is 18.1 Å². The Bertz CT molecular complexity index is 349. The van der Waals surface area contributed by atoms with E-state index in [1.165, 1.54) is 64.2 Å². The Kier molecular flexibility index (Phi) is 5.39. The number of likely N-dealkylation sites (N-methyl/N-ethyl adjacent to an activating group) is 1. The molecule has 3 unspecified atom stereocenters. The van der Waals surface area contributed by atoms with E-state index in [0.29, 0.717) is 6.04 Å². The van der Waals surface area contributed by atoms with Crippen molar-refractivity contribution in [3.63, 3.8) is 0 Å². The van der Waals surface area contributed by atoms with Gasteiger partial charge in [-0.25, -0.2) is 0 Å². The molecule has 1 aliphatic carbocycles. The SMILES string of the molecule is CCNC(C1=CCCCCCC1)C1CC2CCC(C1)N2C. The zero-order chi connectivity index (χ0) is 14.7. The number of fused-ring (bicyclic) bond motifs is 2. The average molecular weight is 290 g/mol. The topological polar surface area (TPSA) is 15.3 Å². The van der Waals surface area contributed by atoms with Crippen LogP contribution >= 0.6 is 0 Å². The molecular weight excluding hydrogens is 256 g/mol. The highest BCUT2D eigenvalue weighted by Gasteiger charge is 2.41. The molecule has 2 bridgehead atoms. The van der Waals surface area contributed by atoms with Gasteiger partial charge in [-0.05, 0) is 70.9 Å². The third-order valence-corrected chi connectivity index (χ3v) is 6.26. The van der Waals surface area contributed by atoms with Crippen molar-refractivity contribution in [1.29, 1.82) is 0 Å². The summed E-state index contributed by atoms with van der Waals surface area (Å²) in [4.78, 5) is 2.67. The highest BCUT2D eigenvalue weighted by atomic mass is 15.2. The molecule has 0 aromatic rings. The van der Waals surface area contributed by atoms with Gasteiger partial charge in [-0.1, -0.05) is 31.4 Å². The fourth-order valence-corrected chi connectivity index (χ4v) is 5.05. The summed E-state index contributed by atoms with van der Waals surface area (Å²) in [7, 11) is 2.36. The highest BCUT2D eigenvalue weighted by molar-refractivity contribution is 5.15. The lowest BCUT2D eigenvalue weighted by Gasteiger charge is -2.41. The van der Waals surface area contributed by atoms with Gasteiger partial charge in [-0.15, -0.1) is 0 Å². The summed E-state index contributed by atoms with van der Waals surface area (Å²) in [6.45, 7) is 3.39. The predicted molar refractivity (Wildman–Crippen MR) is 90.5 cm³/mol. The number of nitrogens with one attached hydrogen (secondary N) is 1. The smallest absolute Gasteiger partial charge is 0.0308 e. The van der Waals surface area contributed by atoms with Crippen molar-refractivity contribution in [3.05, 3.63) is 11.6 Å². The molecule has 3 atom stereocenters. The predicted octanol–water partition coefficient (Wildman–Crippen LogP) is 4.12. The van der Waals surface area contributed by atoms with Crippen molar-refractivity contribution in [2.45, 2.75) is 89.3 Å². The molecule has 3 rings (SSSR count). The average Bonchev–Trinajstić information content (AvgIpc) is 2.68. The van der Waals surface area contributed by atoms with E-state index in [2.05, 4.69) is 30.3 Å². The van der Waals surface area contributed by atoms with Crippen LogP contribution in [0.15, 0.2) is 11.6 Å². The van der Waals surface area contributed by atoms with Gasteiger partial charge in [-0.3, -0.25) is 0 Å². The fraction of sp³-hybridized carbons (Fsp3) is 0.895. The monoisotopic (exact) mass is 290 g/mol. The second-order valence-electron chi connectivity index (χ2n) is 7.55. The van der Waals surface area contributed by atoms with E-state index in [4.69, 9.17) is 0 Å². The second kappa shape index (κ2) is 7.28. The van der Waals surface area contributed by atoms with Crippen molar-refractivity contribution in [3.8, 4) is 0 Å². The van der Waals surface area contributed by atoms with Gasteiger partial charge in [0.05, 0.1) is 0 Å². The number of piperidine rings is 1. The molecule has 0 amide bonds. The van der Waals surface area contributed by atoms with Crippen LogP contribution in [0, 0.1) is 5.92 Å². The number of hydrogen-bond donors (Lipinski definition) is 1. The van der Waals surface area contributed by atoms with Gasteiger partial charge in [0.1, 0.15) is 0 Å². The van der Waals surface area contributed by atoms with Crippen LogP contribution in [0.25, 0.3) is 0 Å². The van der Waals surface area contributed by atoms with Gasteiger partial charge < -0.3 is 10.2 Å². The summed E-state index contributed by atoms with van der Waals surface area (Å²) in [5.74, 6) is 0.879. The van der Waals surface area contributed by atoms with Crippen molar-refractivity contribution in [1.82, 2.24) is 10.2 Å². The molecule has 2 saturated heterocycles. The Morgan fingerprint density at radius 2 is 1.86 bits per heavy atom. The van der Waals surface area contributed by atoms with Crippen LogP contribution in [0.2, 0.25) is 0 Å². The Labute approximate surface area is 131 Å². The molecule has 2 nitrogen and oxygen atoms in total. The number of nitrogens with zero attached hydrogens (tertiary/aromatic N) is 1. The molecular formula is C19H34N2. The molecule has 0 aromatic carbocycles. The maximum Gasteiger partial charge on any atom is 0.0308 e. The number of rotatable bonds is 4. The van der Waals surface area contributed by atoms with Gasteiger partial charge in [0.2, 0.25) is 0 Å². The lowest BCUT2D eigenvalue weighted by molar-refractivity contribution is 0.119. The molecule has 0 spiro atoms. The van der Waals surface area contributed by atoms with Crippen LogP contribution in [0.1, 0.15) is 71.1 Å². The Balaban J connectivity index is 1.71. The first-order valence-electron chi connectivity index (χ1n) is 9.43. The van der Waals surface area contributed by atoms with E-state index < -0.39 is 0 Å². The molecule has 120 valence electrons. The molecule has 0 saturated carbocycles. The van der Waals surface area contributed by atoms with Gasteiger partial charge in [0.25, 0.3) is 0 Å². The first-order valence-corrected chi connectivity index (χ1v) is 9.43. The minimum absolute atomic E-state index is 0.671. The highest BCUT2D eigenvalue weighted by Crippen LogP contribution is 2.40. The Morgan fingerprint density at radius 3 is 2.57 bits per heavy atom.